The number of nitrogens with zero attached hydrogens (tertiary/aromatic N) is 1. The molecule has 2 nitrogen and oxygen atoms in total. The van der Waals surface area contributed by atoms with E-state index in [-0.39, 0.29) is 0 Å². The fourth-order valence-corrected chi connectivity index (χ4v) is 3.71. The summed E-state index contributed by atoms with van der Waals surface area (Å²) in [7, 11) is 0. The number of hydrogen-bond acceptors (Lipinski definition) is 2. The average molecular weight is 258 g/mol. The molecular formula is C17H26N2. The van der Waals surface area contributed by atoms with E-state index in [1.165, 1.54) is 50.1 Å². The van der Waals surface area contributed by atoms with E-state index < -0.39 is 0 Å². The molecule has 3 atom stereocenters. The summed E-state index contributed by atoms with van der Waals surface area (Å²) < 4.78 is 0. The van der Waals surface area contributed by atoms with E-state index in [1.807, 2.05) is 0 Å². The van der Waals surface area contributed by atoms with Gasteiger partial charge in [0, 0.05) is 24.8 Å². The second kappa shape index (κ2) is 5.54. The molecule has 2 aliphatic heterocycles. The Morgan fingerprint density at radius 3 is 2.89 bits per heavy atom. The lowest BCUT2D eigenvalue weighted by molar-refractivity contribution is 0.316. The predicted octanol–water partition coefficient (Wildman–Crippen LogP) is 3.07. The van der Waals surface area contributed by atoms with Crippen LogP contribution in [0, 0.1) is 11.8 Å². The molecule has 0 saturated carbocycles. The summed E-state index contributed by atoms with van der Waals surface area (Å²) in [5, 5.41) is 3.70. The number of para-hydroxylation sites is 1. The third-order valence-electron chi connectivity index (χ3n) is 4.63. The van der Waals surface area contributed by atoms with Crippen molar-refractivity contribution in [2.45, 2.75) is 39.2 Å². The van der Waals surface area contributed by atoms with Gasteiger partial charge < -0.3 is 10.2 Å². The second-order valence-corrected chi connectivity index (χ2v) is 6.62. The van der Waals surface area contributed by atoms with Gasteiger partial charge in [0.05, 0.1) is 0 Å². The Kier molecular flexibility index (Phi) is 3.79. The van der Waals surface area contributed by atoms with Crippen molar-refractivity contribution in [1.29, 1.82) is 0 Å². The molecule has 1 aromatic carbocycles. The Morgan fingerprint density at radius 2 is 2.05 bits per heavy atom. The van der Waals surface area contributed by atoms with Gasteiger partial charge in [-0.15, -0.1) is 0 Å². The van der Waals surface area contributed by atoms with Crippen LogP contribution in [0.3, 0.4) is 0 Å². The summed E-state index contributed by atoms with van der Waals surface area (Å²) in [5.41, 5.74) is 3.01. The van der Waals surface area contributed by atoms with Gasteiger partial charge in [0.1, 0.15) is 0 Å². The van der Waals surface area contributed by atoms with Crippen molar-refractivity contribution in [2.24, 2.45) is 11.8 Å². The first-order valence-corrected chi connectivity index (χ1v) is 7.78. The minimum absolute atomic E-state index is 0.669. The molecule has 0 aromatic heterocycles. The van der Waals surface area contributed by atoms with Crippen LogP contribution in [0.1, 0.15) is 32.3 Å². The highest BCUT2D eigenvalue weighted by molar-refractivity contribution is 5.55. The highest BCUT2D eigenvalue weighted by Crippen LogP contribution is 2.30. The predicted molar refractivity (Wildman–Crippen MR) is 81.7 cm³/mol. The molecule has 2 aliphatic rings. The van der Waals surface area contributed by atoms with Crippen molar-refractivity contribution in [2.75, 3.05) is 24.5 Å². The zero-order chi connectivity index (χ0) is 13.2. The molecule has 3 unspecified atom stereocenters. The van der Waals surface area contributed by atoms with E-state index in [1.54, 1.807) is 0 Å². The first kappa shape index (κ1) is 13.0. The Balaban J connectivity index is 1.73. The molecule has 2 heteroatoms. The number of nitrogens with one attached hydrogen (secondary N) is 1. The molecule has 0 spiro atoms. The monoisotopic (exact) mass is 258 g/mol. The molecule has 1 aromatic rings. The summed E-state index contributed by atoms with van der Waals surface area (Å²) in [6.45, 7) is 8.34. The lowest BCUT2D eigenvalue weighted by Gasteiger charge is -2.39. The maximum atomic E-state index is 3.70. The van der Waals surface area contributed by atoms with Crippen LogP contribution in [0.2, 0.25) is 0 Å². The van der Waals surface area contributed by atoms with E-state index in [0.29, 0.717) is 6.04 Å². The van der Waals surface area contributed by atoms with E-state index in [2.05, 4.69) is 48.3 Å². The van der Waals surface area contributed by atoms with Crippen LogP contribution in [0.25, 0.3) is 0 Å². The van der Waals surface area contributed by atoms with Crippen molar-refractivity contribution >= 4 is 5.69 Å². The topological polar surface area (TPSA) is 15.3 Å². The zero-order valence-electron chi connectivity index (χ0n) is 12.2. The Bertz CT molecular complexity index is 429. The first-order chi connectivity index (χ1) is 9.22. The maximum Gasteiger partial charge on any atom is 0.0399 e. The number of rotatable bonds is 2. The number of hydrogen-bond donors (Lipinski definition) is 1. The van der Waals surface area contributed by atoms with Gasteiger partial charge in [-0.2, -0.15) is 0 Å². The Hall–Kier alpha value is -1.02. The third-order valence-corrected chi connectivity index (χ3v) is 4.63. The van der Waals surface area contributed by atoms with Crippen LogP contribution in [0.4, 0.5) is 5.69 Å². The Labute approximate surface area is 117 Å². The second-order valence-electron chi connectivity index (χ2n) is 6.62. The lowest BCUT2D eigenvalue weighted by Crippen LogP contribution is -2.48. The number of piperidine rings is 1. The van der Waals surface area contributed by atoms with Gasteiger partial charge in [0.2, 0.25) is 0 Å². The quantitative estimate of drug-likeness (QED) is 0.877. The number of anilines is 1. The molecule has 0 radical (unpaired) electrons. The van der Waals surface area contributed by atoms with E-state index >= 15 is 0 Å². The molecule has 1 saturated heterocycles. The van der Waals surface area contributed by atoms with Crippen molar-refractivity contribution in [1.82, 2.24) is 5.32 Å². The fraction of sp³-hybridized carbons (Fsp3) is 0.647. The molecule has 104 valence electrons. The molecule has 0 aliphatic carbocycles. The summed E-state index contributed by atoms with van der Waals surface area (Å²) in [4.78, 5) is 2.61. The van der Waals surface area contributed by atoms with E-state index in [4.69, 9.17) is 0 Å². The minimum Gasteiger partial charge on any atom is -0.369 e. The van der Waals surface area contributed by atoms with Crippen LogP contribution < -0.4 is 10.2 Å². The number of benzene rings is 1. The van der Waals surface area contributed by atoms with Gasteiger partial charge in [0.15, 0.2) is 0 Å². The van der Waals surface area contributed by atoms with Crippen molar-refractivity contribution in [3.63, 3.8) is 0 Å². The molecule has 2 heterocycles. The standard InChI is InChI=1S/C17H26N2/c1-13-7-8-18-16(10-13)12-19-11-14(2)9-15-5-3-4-6-17(15)19/h3-6,13-14,16,18H,7-12H2,1-2H3. The van der Waals surface area contributed by atoms with Gasteiger partial charge in [0.25, 0.3) is 0 Å². The van der Waals surface area contributed by atoms with Gasteiger partial charge in [-0.05, 0) is 49.3 Å². The molecule has 3 rings (SSSR count). The Morgan fingerprint density at radius 1 is 1.21 bits per heavy atom. The van der Waals surface area contributed by atoms with Crippen molar-refractivity contribution in [3.05, 3.63) is 29.8 Å². The summed E-state index contributed by atoms with van der Waals surface area (Å²) in [6.07, 6.45) is 3.90. The van der Waals surface area contributed by atoms with Crippen LogP contribution in [0.5, 0.6) is 0 Å². The van der Waals surface area contributed by atoms with Crippen LogP contribution in [0.15, 0.2) is 24.3 Å². The zero-order valence-corrected chi connectivity index (χ0v) is 12.2. The van der Waals surface area contributed by atoms with Gasteiger partial charge in [-0.1, -0.05) is 32.0 Å². The highest BCUT2D eigenvalue weighted by Gasteiger charge is 2.25. The molecule has 19 heavy (non-hydrogen) atoms. The van der Waals surface area contributed by atoms with Gasteiger partial charge >= 0.3 is 0 Å². The average Bonchev–Trinajstić information content (AvgIpc) is 2.38. The van der Waals surface area contributed by atoms with Crippen molar-refractivity contribution < 1.29 is 0 Å². The normalized spacial score (nSPS) is 31.1. The summed E-state index contributed by atoms with van der Waals surface area (Å²) in [6, 6.07) is 9.62. The van der Waals surface area contributed by atoms with Crippen LogP contribution >= 0.6 is 0 Å². The van der Waals surface area contributed by atoms with Gasteiger partial charge in [-0.25, -0.2) is 0 Å². The molecule has 1 N–H and O–H groups in total. The lowest BCUT2D eigenvalue weighted by atomic mass is 9.91. The van der Waals surface area contributed by atoms with Crippen LogP contribution in [-0.2, 0) is 6.42 Å². The summed E-state index contributed by atoms with van der Waals surface area (Å²) >= 11 is 0. The number of fused-ring (bicyclic) bond motifs is 1. The van der Waals surface area contributed by atoms with Gasteiger partial charge in [-0.3, -0.25) is 0 Å². The van der Waals surface area contributed by atoms with E-state index in [0.717, 1.165) is 11.8 Å². The molecule has 1 fully saturated rings. The molecular weight excluding hydrogens is 232 g/mol. The SMILES string of the molecule is CC1CCNC(CN2CC(C)Cc3ccccc32)C1. The van der Waals surface area contributed by atoms with Crippen molar-refractivity contribution in [3.8, 4) is 0 Å². The third kappa shape index (κ3) is 2.94. The highest BCUT2D eigenvalue weighted by atomic mass is 15.2. The minimum atomic E-state index is 0.669. The fourth-order valence-electron chi connectivity index (χ4n) is 3.71. The molecule has 0 amide bonds. The maximum absolute atomic E-state index is 3.70. The summed E-state index contributed by atoms with van der Waals surface area (Å²) in [5.74, 6) is 1.65. The first-order valence-electron chi connectivity index (χ1n) is 7.78. The smallest absolute Gasteiger partial charge is 0.0399 e. The largest absolute Gasteiger partial charge is 0.369 e. The van der Waals surface area contributed by atoms with E-state index in [9.17, 15) is 0 Å². The van der Waals surface area contributed by atoms with Crippen LogP contribution in [-0.4, -0.2) is 25.7 Å². The molecule has 0 bridgehead atoms.